The van der Waals surface area contributed by atoms with E-state index in [4.69, 9.17) is 19.2 Å². The van der Waals surface area contributed by atoms with Crippen LogP contribution in [0.3, 0.4) is 0 Å². The number of methoxy groups -OCH3 is 2. The topological polar surface area (TPSA) is 36.9 Å². The van der Waals surface area contributed by atoms with Gasteiger partial charge >= 0.3 is 0 Å². The van der Waals surface area contributed by atoms with Crippen LogP contribution in [0, 0.1) is 0 Å². The lowest BCUT2D eigenvalue weighted by Crippen LogP contribution is -2.26. The van der Waals surface area contributed by atoms with Gasteiger partial charge in [0.25, 0.3) is 0 Å². The highest BCUT2D eigenvalue weighted by atomic mass is 17.2. The average molecular weight is 234 g/mol. The first-order chi connectivity index (χ1) is 7.33. The van der Waals surface area contributed by atoms with E-state index in [-0.39, 0.29) is 11.2 Å². The molecule has 4 nitrogen and oxygen atoms in total. The van der Waals surface area contributed by atoms with Gasteiger partial charge in [-0.05, 0) is 27.7 Å². The maximum absolute atomic E-state index is 5.26. The normalized spacial score (nSPS) is 13.1. The Morgan fingerprint density at radius 1 is 0.688 bits per heavy atom. The van der Waals surface area contributed by atoms with Crippen LogP contribution < -0.4 is 0 Å². The molecule has 0 spiro atoms. The molecule has 0 aliphatic carbocycles. The number of ether oxygens (including phenoxy) is 2. The zero-order valence-electron chi connectivity index (χ0n) is 11.5. The van der Waals surface area contributed by atoms with Crippen molar-refractivity contribution in [2.75, 3.05) is 27.4 Å². The van der Waals surface area contributed by atoms with Gasteiger partial charge in [0.2, 0.25) is 0 Å². The number of rotatable bonds is 9. The van der Waals surface area contributed by atoms with Crippen molar-refractivity contribution in [1.29, 1.82) is 0 Å². The van der Waals surface area contributed by atoms with Crippen LogP contribution in [0.25, 0.3) is 0 Å². The van der Waals surface area contributed by atoms with Gasteiger partial charge in [-0.15, -0.1) is 0 Å². The first kappa shape index (κ1) is 15.8. The molecule has 0 radical (unpaired) electrons. The van der Waals surface area contributed by atoms with E-state index >= 15 is 0 Å². The SMILES string of the molecule is COC(C)(C)CCOOCCC(C)(C)OC. The summed E-state index contributed by atoms with van der Waals surface area (Å²) in [6.07, 6.45) is 1.61. The monoisotopic (exact) mass is 234 g/mol. The third kappa shape index (κ3) is 8.05. The number of hydrogen-bond donors (Lipinski definition) is 0. The minimum atomic E-state index is -0.158. The molecular weight excluding hydrogens is 208 g/mol. The predicted octanol–water partition coefficient (Wildman–Crippen LogP) is 2.56. The third-order valence-electron chi connectivity index (χ3n) is 2.76. The van der Waals surface area contributed by atoms with Crippen LogP contribution in [0.5, 0.6) is 0 Å². The van der Waals surface area contributed by atoms with Crippen LogP contribution >= 0.6 is 0 Å². The van der Waals surface area contributed by atoms with E-state index in [2.05, 4.69) is 0 Å². The maximum Gasteiger partial charge on any atom is 0.0849 e. The Labute approximate surface area is 99.1 Å². The molecule has 0 aliphatic heterocycles. The quantitative estimate of drug-likeness (QED) is 0.349. The van der Waals surface area contributed by atoms with Crippen molar-refractivity contribution < 1.29 is 19.2 Å². The van der Waals surface area contributed by atoms with Gasteiger partial charge in [0.15, 0.2) is 0 Å². The van der Waals surface area contributed by atoms with Crippen molar-refractivity contribution in [3.8, 4) is 0 Å². The van der Waals surface area contributed by atoms with E-state index in [9.17, 15) is 0 Å². The minimum absolute atomic E-state index is 0.158. The van der Waals surface area contributed by atoms with Crippen molar-refractivity contribution in [3.05, 3.63) is 0 Å². The molecule has 0 aliphatic rings. The van der Waals surface area contributed by atoms with Gasteiger partial charge in [-0.1, -0.05) is 0 Å². The summed E-state index contributed by atoms with van der Waals surface area (Å²) in [5.74, 6) is 0. The van der Waals surface area contributed by atoms with E-state index < -0.39 is 0 Å². The Kier molecular flexibility index (Phi) is 7.15. The molecule has 0 atom stereocenters. The zero-order valence-corrected chi connectivity index (χ0v) is 11.5. The molecule has 0 aromatic rings. The van der Waals surface area contributed by atoms with Crippen LogP contribution in [0.4, 0.5) is 0 Å². The fourth-order valence-electron chi connectivity index (χ4n) is 0.897. The fourth-order valence-corrected chi connectivity index (χ4v) is 0.897. The highest BCUT2D eigenvalue weighted by molar-refractivity contribution is 4.67. The second-order valence-electron chi connectivity index (χ2n) is 5.07. The van der Waals surface area contributed by atoms with Crippen molar-refractivity contribution in [2.45, 2.75) is 51.7 Å². The molecule has 0 aromatic heterocycles. The Balaban J connectivity index is 3.42. The van der Waals surface area contributed by atoms with Crippen molar-refractivity contribution in [2.24, 2.45) is 0 Å². The summed E-state index contributed by atoms with van der Waals surface area (Å²) < 4.78 is 10.5. The standard InChI is InChI=1S/C12H26O4/c1-11(2,13-5)7-9-15-16-10-8-12(3,4)14-6/h7-10H2,1-6H3. The summed E-state index contributed by atoms with van der Waals surface area (Å²) in [7, 11) is 3.39. The molecule has 0 fully saturated rings. The first-order valence-corrected chi connectivity index (χ1v) is 5.68. The second-order valence-corrected chi connectivity index (χ2v) is 5.07. The summed E-state index contributed by atoms with van der Waals surface area (Å²) >= 11 is 0. The average Bonchev–Trinajstić information content (AvgIpc) is 2.23. The van der Waals surface area contributed by atoms with Gasteiger partial charge in [0.05, 0.1) is 24.4 Å². The van der Waals surface area contributed by atoms with Crippen LogP contribution in [-0.4, -0.2) is 38.6 Å². The van der Waals surface area contributed by atoms with Crippen LogP contribution in [0.15, 0.2) is 0 Å². The lowest BCUT2D eigenvalue weighted by Gasteiger charge is -2.23. The van der Waals surface area contributed by atoms with E-state index in [1.807, 2.05) is 27.7 Å². The molecule has 0 aromatic carbocycles. The molecule has 0 saturated carbocycles. The minimum Gasteiger partial charge on any atom is -0.379 e. The molecule has 4 heteroatoms. The molecule has 0 heterocycles. The van der Waals surface area contributed by atoms with Crippen LogP contribution in [0.2, 0.25) is 0 Å². The Morgan fingerprint density at radius 3 is 1.25 bits per heavy atom. The summed E-state index contributed by atoms with van der Waals surface area (Å²) in [6.45, 7) is 9.14. The fraction of sp³-hybridized carbons (Fsp3) is 1.00. The molecule has 0 saturated heterocycles. The second kappa shape index (κ2) is 7.22. The Bertz CT molecular complexity index is 158. The molecule has 16 heavy (non-hydrogen) atoms. The van der Waals surface area contributed by atoms with Crippen LogP contribution in [-0.2, 0) is 19.2 Å². The molecule has 0 unspecified atom stereocenters. The summed E-state index contributed by atoms with van der Waals surface area (Å²) in [5, 5.41) is 0. The summed E-state index contributed by atoms with van der Waals surface area (Å²) in [4.78, 5) is 10.2. The lowest BCUT2D eigenvalue weighted by molar-refractivity contribution is -0.303. The molecule has 0 amide bonds. The first-order valence-electron chi connectivity index (χ1n) is 5.68. The molecule has 0 rings (SSSR count). The van der Waals surface area contributed by atoms with Gasteiger partial charge in [0.1, 0.15) is 0 Å². The van der Waals surface area contributed by atoms with E-state index in [0.717, 1.165) is 12.8 Å². The Morgan fingerprint density at radius 2 is 1.00 bits per heavy atom. The third-order valence-corrected chi connectivity index (χ3v) is 2.76. The van der Waals surface area contributed by atoms with Crippen LogP contribution in [0.1, 0.15) is 40.5 Å². The van der Waals surface area contributed by atoms with Gasteiger partial charge < -0.3 is 9.47 Å². The summed E-state index contributed by atoms with van der Waals surface area (Å²) in [5.41, 5.74) is -0.315. The van der Waals surface area contributed by atoms with Gasteiger partial charge in [-0.3, -0.25) is 0 Å². The van der Waals surface area contributed by atoms with Gasteiger partial charge in [-0.25, -0.2) is 9.78 Å². The Hall–Kier alpha value is -0.160. The van der Waals surface area contributed by atoms with E-state index in [1.54, 1.807) is 14.2 Å². The highest BCUT2D eigenvalue weighted by Gasteiger charge is 2.17. The van der Waals surface area contributed by atoms with Crippen molar-refractivity contribution >= 4 is 0 Å². The van der Waals surface area contributed by atoms with Gasteiger partial charge in [-0.2, -0.15) is 0 Å². The molecular formula is C12H26O4. The lowest BCUT2D eigenvalue weighted by atomic mass is 10.1. The smallest absolute Gasteiger partial charge is 0.0849 e. The predicted molar refractivity (Wildman–Crippen MR) is 63.3 cm³/mol. The van der Waals surface area contributed by atoms with Crippen molar-refractivity contribution in [1.82, 2.24) is 0 Å². The molecule has 0 bridgehead atoms. The van der Waals surface area contributed by atoms with E-state index in [1.165, 1.54) is 0 Å². The van der Waals surface area contributed by atoms with Crippen molar-refractivity contribution in [3.63, 3.8) is 0 Å². The maximum atomic E-state index is 5.26. The highest BCUT2D eigenvalue weighted by Crippen LogP contribution is 2.14. The zero-order chi connectivity index (χ0) is 12.7. The number of hydrogen-bond acceptors (Lipinski definition) is 4. The largest absolute Gasteiger partial charge is 0.379 e. The molecule has 98 valence electrons. The summed E-state index contributed by atoms with van der Waals surface area (Å²) in [6, 6.07) is 0. The van der Waals surface area contributed by atoms with Gasteiger partial charge in [0, 0.05) is 27.1 Å². The van der Waals surface area contributed by atoms with E-state index in [0.29, 0.717) is 13.2 Å². The molecule has 0 N–H and O–H groups in total.